The topological polar surface area (TPSA) is 123 Å². The highest BCUT2D eigenvalue weighted by molar-refractivity contribution is 5.97. The van der Waals surface area contributed by atoms with E-state index in [0.29, 0.717) is 37.2 Å². The highest BCUT2D eigenvalue weighted by atomic mass is 16.5. The molecule has 1 aliphatic rings. The molecule has 2 N–H and O–H groups in total. The number of hydrogen-bond donors (Lipinski definition) is 2. The predicted molar refractivity (Wildman–Crippen MR) is 130 cm³/mol. The molecule has 5 rings (SSSR count). The average molecular weight is 475 g/mol. The number of nitrogens with zero attached hydrogens (tertiary/aromatic N) is 6. The fourth-order valence-corrected chi connectivity index (χ4v) is 4.26. The van der Waals surface area contributed by atoms with Crippen LogP contribution in [0, 0.1) is 5.92 Å². The Morgan fingerprint density at radius 3 is 2.94 bits per heavy atom. The molecule has 0 radical (unpaired) electrons. The third-order valence-electron chi connectivity index (χ3n) is 6.00. The van der Waals surface area contributed by atoms with Crippen LogP contribution in [0.1, 0.15) is 0 Å². The normalized spacial score (nSPS) is 17.6. The van der Waals surface area contributed by atoms with Crippen molar-refractivity contribution in [1.82, 2.24) is 34.6 Å². The zero-order chi connectivity index (χ0) is 24.4. The largest absolute Gasteiger partial charge is 0.477 e. The fraction of sp³-hybridized carbons (Fsp3) is 0.292. The maximum Gasteiger partial charge on any atom is 0.246 e. The van der Waals surface area contributed by atoms with Crippen LogP contribution in [0.5, 0.6) is 5.88 Å². The minimum Gasteiger partial charge on any atom is -0.477 e. The quantitative estimate of drug-likeness (QED) is 0.374. The van der Waals surface area contributed by atoms with Crippen molar-refractivity contribution >= 4 is 28.6 Å². The Labute approximate surface area is 201 Å². The summed E-state index contributed by atoms with van der Waals surface area (Å²) >= 11 is 0. The Hall–Kier alpha value is -4.25. The molecule has 5 heterocycles. The maximum atomic E-state index is 12.1. The first-order valence-corrected chi connectivity index (χ1v) is 11.2. The molecule has 2 atom stereocenters. The van der Waals surface area contributed by atoms with Crippen molar-refractivity contribution in [2.24, 2.45) is 13.0 Å². The van der Waals surface area contributed by atoms with Gasteiger partial charge in [-0.15, -0.1) is 0 Å². The number of aryl methyl sites for hydroxylation is 1. The standard InChI is InChI=1S/C24H26N8O3/c1-4-20(33)32-11-15(19(13-32)34-3)14-35-23-21-17(18-7-5-6-8-25-18)10-26-22(21)29-24(30-23)28-16-9-27-31(2)12-16/h4-10,12,15,19H,1,11,13-14H2,2-3H3,(H2,26,28,29,30)/t15-,19+/m0/s1. The summed E-state index contributed by atoms with van der Waals surface area (Å²) in [5.74, 6) is 0.630. The summed E-state index contributed by atoms with van der Waals surface area (Å²) in [5.41, 5.74) is 2.98. The van der Waals surface area contributed by atoms with E-state index in [9.17, 15) is 4.79 Å². The third-order valence-corrected chi connectivity index (χ3v) is 6.00. The van der Waals surface area contributed by atoms with Crippen LogP contribution in [0.2, 0.25) is 0 Å². The third kappa shape index (κ3) is 4.58. The molecule has 0 saturated carbocycles. The van der Waals surface area contributed by atoms with Gasteiger partial charge in [0.15, 0.2) is 0 Å². The molecule has 0 spiro atoms. The summed E-state index contributed by atoms with van der Waals surface area (Å²) in [6, 6.07) is 5.71. The van der Waals surface area contributed by atoms with E-state index >= 15 is 0 Å². The molecule has 11 heteroatoms. The molecule has 1 amide bonds. The van der Waals surface area contributed by atoms with Gasteiger partial charge in [0.05, 0.1) is 35.7 Å². The number of carbonyl (C=O) groups is 1. The molecule has 0 bridgehead atoms. The van der Waals surface area contributed by atoms with Crippen molar-refractivity contribution < 1.29 is 14.3 Å². The van der Waals surface area contributed by atoms with Gasteiger partial charge in [-0.05, 0) is 18.2 Å². The summed E-state index contributed by atoms with van der Waals surface area (Å²) in [6.07, 6.45) is 8.27. The minimum absolute atomic E-state index is 0.0270. The first-order chi connectivity index (χ1) is 17.1. The number of fused-ring (bicyclic) bond motifs is 1. The molecule has 0 unspecified atom stereocenters. The van der Waals surface area contributed by atoms with Crippen LogP contribution < -0.4 is 10.1 Å². The summed E-state index contributed by atoms with van der Waals surface area (Å²) < 4.78 is 13.6. The van der Waals surface area contributed by atoms with Gasteiger partial charge in [-0.25, -0.2) is 0 Å². The molecule has 0 aromatic carbocycles. The highest BCUT2D eigenvalue weighted by Gasteiger charge is 2.35. The van der Waals surface area contributed by atoms with Gasteiger partial charge >= 0.3 is 0 Å². The highest BCUT2D eigenvalue weighted by Crippen LogP contribution is 2.34. The molecule has 35 heavy (non-hydrogen) atoms. The van der Waals surface area contributed by atoms with Crippen molar-refractivity contribution in [2.75, 3.05) is 32.1 Å². The van der Waals surface area contributed by atoms with Crippen LogP contribution in [-0.4, -0.2) is 73.4 Å². The SMILES string of the molecule is C=CC(=O)N1C[C@@H](COc2nc(Nc3cnn(C)c3)nc3[nH]cc(-c4ccccn4)c23)[C@H](OC)C1. The van der Waals surface area contributed by atoms with Gasteiger partial charge in [-0.1, -0.05) is 12.6 Å². The number of likely N-dealkylation sites (tertiary alicyclic amines) is 1. The number of pyridine rings is 1. The summed E-state index contributed by atoms with van der Waals surface area (Å²) in [6.45, 7) is 4.90. The van der Waals surface area contributed by atoms with E-state index in [1.165, 1.54) is 6.08 Å². The number of anilines is 2. The molecule has 1 aliphatic heterocycles. The van der Waals surface area contributed by atoms with E-state index < -0.39 is 0 Å². The second kappa shape index (κ2) is 9.55. The van der Waals surface area contributed by atoms with Gasteiger partial charge in [-0.2, -0.15) is 15.1 Å². The van der Waals surface area contributed by atoms with Crippen LogP contribution in [-0.2, 0) is 16.6 Å². The number of H-pyrrole nitrogens is 1. The summed E-state index contributed by atoms with van der Waals surface area (Å²) in [5, 5.41) is 8.08. The number of nitrogens with one attached hydrogen (secondary N) is 2. The number of methoxy groups -OCH3 is 1. The van der Waals surface area contributed by atoms with Crippen LogP contribution in [0.3, 0.4) is 0 Å². The van der Waals surface area contributed by atoms with Gasteiger partial charge in [-0.3, -0.25) is 14.5 Å². The van der Waals surface area contributed by atoms with E-state index in [0.717, 1.165) is 22.3 Å². The summed E-state index contributed by atoms with van der Waals surface area (Å²) in [7, 11) is 3.48. The number of amides is 1. The van der Waals surface area contributed by atoms with E-state index in [2.05, 4.69) is 36.9 Å². The first kappa shape index (κ1) is 22.5. The number of hydrogen-bond acceptors (Lipinski definition) is 8. The monoisotopic (exact) mass is 474 g/mol. The molecule has 180 valence electrons. The van der Waals surface area contributed by atoms with Crippen molar-refractivity contribution in [1.29, 1.82) is 0 Å². The van der Waals surface area contributed by atoms with Gasteiger partial charge in [0.2, 0.25) is 17.7 Å². The predicted octanol–water partition coefficient (Wildman–Crippen LogP) is 2.54. The Morgan fingerprint density at radius 1 is 1.34 bits per heavy atom. The van der Waals surface area contributed by atoms with Crippen molar-refractivity contribution in [3.05, 3.63) is 55.6 Å². The second-order valence-electron chi connectivity index (χ2n) is 8.31. The lowest BCUT2D eigenvalue weighted by molar-refractivity contribution is -0.125. The van der Waals surface area contributed by atoms with E-state index in [1.54, 1.807) is 29.1 Å². The first-order valence-electron chi connectivity index (χ1n) is 11.2. The van der Waals surface area contributed by atoms with E-state index in [4.69, 9.17) is 9.47 Å². The number of aromatic nitrogens is 6. The van der Waals surface area contributed by atoms with Crippen molar-refractivity contribution in [2.45, 2.75) is 6.10 Å². The van der Waals surface area contributed by atoms with E-state index in [-0.39, 0.29) is 17.9 Å². The molecule has 4 aromatic rings. The zero-order valence-corrected chi connectivity index (χ0v) is 19.5. The van der Waals surface area contributed by atoms with Gasteiger partial charge in [0.1, 0.15) is 5.65 Å². The molecular formula is C24H26N8O3. The van der Waals surface area contributed by atoms with Crippen LogP contribution in [0.25, 0.3) is 22.3 Å². The molecule has 4 aromatic heterocycles. The number of aromatic amines is 1. The van der Waals surface area contributed by atoms with Crippen molar-refractivity contribution in [3.63, 3.8) is 0 Å². The molecular weight excluding hydrogens is 448 g/mol. The Morgan fingerprint density at radius 2 is 2.23 bits per heavy atom. The molecule has 0 aliphatic carbocycles. The number of ether oxygens (including phenoxy) is 2. The van der Waals surface area contributed by atoms with Crippen molar-refractivity contribution in [3.8, 4) is 17.1 Å². The lowest BCUT2D eigenvalue weighted by Gasteiger charge is -2.17. The average Bonchev–Trinajstić information content (AvgIpc) is 3.60. The van der Waals surface area contributed by atoms with Gasteiger partial charge in [0, 0.05) is 57.3 Å². The zero-order valence-electron chi connectivity index (χ0n) is 19.5. The maximum absolute atomic E-state index is 12.1. The Kier molecular flexibility index (Phi) is 6.15. The van der Waals surface area contributed by atoms with Crippen LogP contribution in [0.15, 0.2) is 55.6 Å². The molecule has 1 fully saturated rings. The second-order valence-corrected chi connectivity index (χ2v) is 8.31. The lowest BCUT2D eigenvalue weighted by Crippen LogP contribution is -2.28. The lowest BCUT2D eigenvalue weighted by atomic mass is 10.1. The molecule has 1 saturated heterocycles. The fourth-order valence-electron chi connectivity index (χ4n) is 4.26. The van der Waals surface area contributed by atoms with Crippen LogP contribution >= 0.6 is 0 Å². The Balaban J connectivity index is 1.48. The van der Waals surface area contributed by atoms with Gasteiger partial charge in [0.25, 0.3) is 0 Å². The van der Waals surface area contributed by atoms with E-state index in [1.807, 2.05) is 37.6 Å². The smallest absolute Gasteiger partial charge is 0.246 e. The minimum atomic E-state index is -0.147. The number of carbonyl (C=O) groups excluding carboxylic acids is 1. The Bertz CT molecular complexity index is 1350. The van der Waals surface area contributed by atoms with Gasteiger partial charge < -0.3 is 24.7 Å². The number of rotatable bonds is 8. The van der Waals surface area contributed by atoms with Crippen LogP contribution in [0.4, 0.5) is 11.6 Å². The summed E-state index contributed by atoms with van der Waals surface area (Å²) in [4.78, 5) is 30.8. The molecule has 11 nitrogen and oxygen atoms in total.